The maximum Gasteiger partial charge on any atom is 0.254 e. The van der Waals surface area contributed by atoms with Crippen molar-refractivity contribution in [3.8, 4) is 16.9 Å². The van der Waals surface area contributed by atoms with E-state index in [1.807, 2.05) is 44.2 Å². The van der Waals surface area contributed by atoms with Gasteiger partial charge in [0.15, 0.2) is 11.6 Å². The molecule has 0 radical (unpaired) electrons. The minimum absolute atomic E-state index is 0.124. The number of fused-ring (bicyclic) bond motifs is 5. The third-order valence-electron chi connectivity index (χ3n) is 5.66. The van der Waals surface area contributed by atoms with Crippen LogP contribution < -0.4 is 10.5 Å². The molecule has 4 rings (SSSR count). The van der Waals surface area contributed by atoms with Gasteiger partial charge < -0.3 is 15.4 Å². The fraction of sp³-hybridized carbons (Fsp3) is 0.250. The Labute approximate surface area is 188 Å². The number of nitrogens with one attached hydrogen (secondary N) is 1. The topological polar surface area (TPSA) is 109 Å². The van der Waals surface area contributed by atoms with Crippen molar-refractivity contribution in [1.82, 2.24) is 9.88 Å². The van der Waals surface area contributed by atoms with E-state index in [1.54, 1.807) is 30.3 Å². The summed E-state index contributed by atoms with van der Waals surface area (Å²) in [5, 5.41) is 0. The summed E-state index contributed by atoms with van der Waals surface area (Å²) in [6.45, 7) is 4.18. The van der Waals surface area contributed by atoms with Crippen LogP contribution in [0.3, 0.4) is 0 Å². The molecule has 2 heterocycles. The van der Waals surface area contributed by atoms with Crippen LogP contribution in [0.2, 0.25) is 0 Å². The molecule has 0 saturated carbocycles. The van der Waals surface area contributed by atoms with Gasteiger partial charge in [0, 0.05) is 47.6 Å². The molecule has 7 nitrogen and oxygen atoms in total. The number of hydrogen-bond acceptors (Lipinski definition) is 6. The zero-order chi connectivity index (χ0) is 23.2. The quantitative estimate of drug-likeness (QED) is 0.571. The van der Waals surface area contributed by atoms with Crippen LogP contribution in [0.15, 0.2) is 53.6 Å². The van der Waals surface area contributed by atoms with E-state index in [4.69, 9.17) is 15.3 Å². The van der Waals surface area contributed by atoms with Crippen LogP contribution in [0.1, 0.15) is 40.1 Å². The molecular weight excluding hydrogens is 424 g/mol. The van der Waals surface area contributed by atoms with Gasteiger partial charge in [-0.1, -0.05) is 23.8 Å². The van der Waals surface area contributed by atoms with Gasteiger partial charge in [-0.2, -0.15) is 0 Å². The van der Waals surface area contributed by atoms with Gasteiger partial charge in [-0.3, -0.25) is 4.79 Å². The highest BCUT2D eigenvalue weighted by Crippen LogP contribution is 2.35. The Morgan fingerprint density at radius 3 is 2.66 bits per heavy atom. The Kier molecular flexibility index (Phi) is 5.42. The molecule has 8 heteroatoms. The standard InChI is InChI=1S/C24H26N4O3S/c1-14-5-8-19-20(9-14)15(2)31-22-10-17(12-27-23(22)25)21-11-18(32(4,26)30)7-6-16(21)13-28(3)24(19)29/h5-12,15,26H,13H2,1-4H3,(H2,25,27)/t15-,32?/m1/s1. The lowest BCUT2D eigenvalue weighted by Gasteiger charge is -2.25. The number of aromatic nitrogens is 1. The summed E-state index contributed by atoms with van der Waals surface area (Å²) in [6, 6.07) is 12.7. The van der Waals surface area contributed by atoms with E-state index in [0.29, 0.717) is 28.3 Å². The van der Waals surface area contributed by atoms with Crippen LogP contribution in [-0.4, -0.2) is 33.3 Å². The summed E-state index contributed by atoms with van der Waals surface area (Å²) in [6.07, 6.45) is 2.58. The zero-order valence-electron chi connectivity index (χ0n) is 18.5. The van der Waals surface area contributed by atoms with E-state index in [1.165, 1.54) is 6.26 Å². The first-order valence-corrected chi connectivity index (χ1v) is 12.2. The SMILES string of the molecule is Cc1ccc2c(c1)[C@@H](C)Oc1cc(cnc1N)-c1cc(S(C)(=N)=O)ccc1CN(C)C2=O. The molecule has 0 fully saturated rings. The first-order valence-electron chi connectivity index (χ1n) is 10.2. The average Bonchev–Trinajstić information content (AvgIpc) is 2.73. The lowest BCUT2D eigenvalue weighted by atomic mass is 9.97. The predicted octanol–water partition coefficient (Wildman–Crippen LogP) is 4.40. The smallest absolute Gasteiger partial charge is 0.254 e. The number of nitrogens with zero attached hydrogens (tertiary/aromatic N) is 2. The van der Waals surface area contributed by atoms with Gasteiger partial charge in [0.25, 0.3) is 5.91 Å². The molecule has 2 bridgehead atoms. The van der Waals surface area contributed by atoms with Crippen molar-refractivity contribution < 1.29 is 13.7 Å². The highest BCUT2D eigenvalue weighted by Gasteiger charge is 2.24. The van der Waals surface area contributed by atoms with Crippen LogP contribution in [0.25, 0.3) is 11.1 Å². The van der Waals surface area contributed by atoms with Crippen LogP contribution in [0.4, 0.5) is 5.82 Å². The molecule has 1 aliphatic heterocycles. The molecule has 1 aromatic heterocycles. The zero-order valence-corrected chi connectivity index (χ0v) is 19.3. The van der Waals surface area contributed by atoms with Crippen molar-refractivity contribution >= 4 is 21.5 Å². The molecule has 1 unspecified atom stereocenters. The van der Waals surface area contributed by atoms with Crippen molar-refractivity contribution in [2.24, 2.45) is 0 Å². The van der Waals surface area contributed by atoms with Gasteiger partial charge in [0.2, 0.25) is 0 Å². The number of pyridine rings is 1. The van der Waals surface area contributed by atoms with Gasteiger partial charge in [-0.15, -0.1) is 0 Å². The fourth-order valence-electron chi connectivity index (χ4n) is 3.90. The second-order valence-corrected chi connectivity index (χ2v) is 10.4. The molecule has 1 aliphatic rings. The van der Waals surface area contributed by atoms with Crippen LogP contribution in [0, 0.1) is 11.7 Å². The van der Waals surface area contributed by atoms with Crippen LogP contribution in [0.5, 0.6) is 5.75 Å². The maximum atomic E-state index is 13.4. The number of carbonyl (C=O) groups excluding carboxylic acids is 1. The first-order chi connectivity index (χ1) is 15.0. The highest BCUT2D eigenvalue weighted by molar-refractivity contribution is 7.91. The molecule has 2 atom stereocenters. The van der Waals surface area contributed by atoms with Gasteiger partial charge in [-0.05, 0) is 49.2 Å². The second kappa shape index (κ2) is 7.94. The van der Waals surface area contributed by atoms with E-state index in [9.17, 15) is 9.00 Å². The molecule has 3 aromatic rings. The van der Waals surface area contributed by atoms with E-state index >= 15 is 0 Å². The number of rotatable bonds is 1. The van der Waals surface area contributed by atoms with Crippen LogP contribution >= 0.6 is 0 Å². The monoisotopic (exact) mass is 450 g/mol. The van der Waals surface area contributed by atoms with E-state index in [2.05, 4.69) is 4.98 Å². The Hall–Kier alpha value is -3.39. The number of amides is 1. The summed E-state index contributed by atoms with van der Waals surface area (Å²) >= 11 is 0. The van der Waals surface area contributed by atoms with Gasteiger partial charge in [-0.25, -0.2) is 14.0 Å². The van der Waals surface area contributed by atoms with Gasteiger partial charge in [0.05, 0.1) is 9.73 Å². The number of nitrogens with two attached hydrogens (primary N) is 1. The molecule has 32 heavy (non-hydrogen) atoms. The number of ether oxygens (including phenoxy) is 1. The Bertz CT molecular complexity index is 1340. The molecule has 0 aliphatic carbocycles. The lowest BCUT2D eigenvalue weighted by molar-refractivity contribution is 0.0780. The molecule has 2 aromatic carbocycles. The average molecular weight is 451 g/mol. The molecule has 166 valence electrons. The molecule has 0 saturated heterocycles. The van der Waals surface area contributed by atoms with Crippen molar-refractivity contribution in [3.63, 3.8) is 0 Å². The van der Waals surface area contributed by atoms with E-state index < -0.39 is 15.8 Å². The number of carbonyl (C=O) groups is 1. The third kappa shape index (κ3) is 4.05. The third-order valence-corrected chi connectivity index (χ3v) is 6.81. The van der Waals surface area contributed by atoms with Gasteiger partial charge in [0.1, 0.15) is 6.10 Å². The summed E-state index contributed by atoms with van der Waals surface area (Å²) in [7, 11) is -1.17. The maximum absolute atomic E-state index is 13.4. The van der Waals surface area contributed by atoms with Gasteiger partial charge >= 0.3 is 0 Å². The second-order valence-electron chi connectivity index (χ2n) is 8.28. The minimum Gasteiger partial charge on any atom is -0.482 e. The largest absolute Gasteiger partial charge is 0.482 e. The Morgan fingerprint density at radius 1 is 1.19 bits per heavy atom. The Balaban J connectivity index is 1.96. The molecule has 1 amide bonds. The molecule has 3 N–H and O–H groups in total. The van der Waals surface area contributed by atoms with Crippen molar-refractivity contribution in [1.29, 1.82) is 4.78 Å². The number of nitrogen functional groups attached to an aromatic ring is 1. The summed E-state index contributed by atoms with van der Waals surface area (Å²) in [5.74, 6) is 0.525. The predicted molar refractivity (Wildman–Crippen MR) is 125 cm³/mol. The summed E-state index contributed by atoms with van der Waals surface area (Å²) < 4.78 is 26.6. The minimum atomic E-state index is -2.92. The number of benzene rings is 2. The lowest BCUT2D eigenvalue weighted by Crippen LogP contribution is -2.28. The first kappa shape index (κ1) is 21.8. The summed E-state index contributed by atoms with van der Waals surface area (Å²) in [5.41, 5.74) is 10.8. The number of aryl methyl sites for hydroxylation is 1. The van der Waals surface area contributed by atoms with Crippen LogP contribution in [-0.2, 0) is 16.3 Å². The van der Waals surface area contributed by atoms with Crippen molar-refractivity contribution in [2.75, 3.05) is 19.0 Å². The highest BCUT2D eigenvalue weighted by atomic mass is 32.2. The normalized spacial score (nSPS) is 17.8. The van der Waals surface area contributed by atoms with E-state index in [-0.39, 0.29) is 11.7 Å². The fourth-order valence-corrected chi connectivity index (χ4v) is 4.57. The molecule has 0 spiro atoms. The number of anilines is 1. The number of hydrogen-bond donors (Lipinski definition) is 2. The van der Waals surface area contributed by atoms with Crippen molar-refractivity contribution in [3.05, 3.63) is 70.9 Å². The summed E-state index contributed by atoms with van der Waals surface area (Å²) in [4.78, 5) is 19.7. The van der Waals surface area contributed by atoms with Crippen molar-refractivity contribution in [2.45, 2.75) is 31.4 Å². The van der Waals surface area contributed by atoms with E-state index in [0.717, 1.165) is 22.3 Å². The Morgan fingerprint density at radius 2 is 1.94 bits per heavy atom. The molecular formula is C24H26N4O3S.